The van der Waals surface area contributed by atoms with E-state index in [-0.39, 0.29) is 11.1 Å². The second-order valence-corrected chi connectivity index (χ2v) is 7.24. The molecule has 2 aliphatic rings. The fourth-order valence-electron chi connectivity index (χ4n) is 3.80. The van der Waals surface area contributed by atoms with Gasteiger partial charge in [-0.1, -0.05) is 17.2 Å². The molecule has 0 spiro atoms. The standard InChI is InChI=1S/C20H20N4O9/c1-9(25)30-8-14-16(31-10(2)26)17(32-11(3)27)15(18(33-14)22-23-21)24-19(28)12-6-4-5-7-13(12)20(24)29/h4-7,14-18H,8H2,1-3H3/t14?,15?,16-,17?,18-/m1/s1. The third-order valence-corrected chi connectivity index (χ3v) is 4.98. The molecule has 2 amide bonds. The van der Waals surface area contributed by atoms with Crippen LogP contribution in [0.15, 0.2) is 29.4 Å². The van der Waals surface area contributed by atoms with Crippen LogP contribution in [0.5, 0.6) is 0 Å². The minimum absolute atomic E-state index is 0.0924. The van der Waals surface area contributed by atoms with E-state index in [0.29, 0.717) is 0 Å². The van der Waals surface area contributed by atoms with E-state index in [9.17, 15) is 24.0 Å². The van der Waals surface area contributed by atoms with Crippen LogP contribution in [-0.2, 0) is 33.3 Å². The SMILES string of the molecule is CC(=O)OCC1O[C@@H](N=[N+]=[N-])C(N2C(=O)c3ccccc3C2=O)C(OC(C)=O)[C@@H]1OC(C)=O. The highest BCUT2D eigenvalue weighted by molar-refractivity contribution is 6.21. The molecule has 1 aromatic rings. The van der Waals surface area contributed by atoms with Crippen molar-refractivity contribution < 1.29 is 42.9 Å². The molecule has 1 saturated heterocycles. The lowest BCUT2D eigenvalue weighted by molar-refractivity contribution is -0.228. The van der Waals surface area contributed by atoms with Gasteiger partial charge in [0, 0.05) is 25.7 Å². The van der Waals surface area contributed by atoms with Crippen LogP contribution >= 0.6 is 0 Å². The average Bonchev–Trinajstić information content (AvgIpc) is 2.99. The number of ether oxygens (including phenoxy) is 4. The molecule has 174 valence electrons. The van der Waals surface area contributed by atoms with Crippen LogP contribution in [0.2, 0.25) is 0 Å². The first kappa shape index (κ1) is 23.7. The molecule has 3 rings (SSSR count). The highest BCUT2D eigenvalue weighted by atomic mass is 16.6. The van der Waals surface area contributed by atoms with Crippen LogP contribution in [0.25, 0.3) is 10.4 Å². The van der Waals surface area contributed by atoms with Crippen molar-refractivity contribution in [3.63, 3.8) is 0 Å². The molecule has 0 aliphatic carbocycles. The van der Waals surface area contributed by atoms with E-state index in [1.54, 1.807) is 12.1 Å². The molecule has 13 nitrogen and oxygen atoms in total. The monoisotopic (exact) mass is 460 g/mol. The molecule has 1 fully saturated rings. The summed E-state index contributed by atoms with van der Waals surface area (Å²) in [4.78, 5) is 64.8. The summed E-state index contributed by atoms with van der Waals surface area (Å²) in [6.07, 6.45) is -5.67. The van der Waals surface area contributed by atoms with Gasteiger partial charge < -0.3 is 18.9 Å². The van der Waals surface area contributed by atoms with Crippen LogP contribution in [0.1, 0.15) is 41.5 Å². The van der Waals surface area contributed by atoms with Gasteiger partial charge in [-0.2, -0.15) is 0 Å². The lowest BCUT2D eigenvalue weighted by Gasteiger charge is -2.46. The van der Waals surface area contributed by atoms with Gasteiger partial charge in [0.25, 0.3) is 11.8 Å². The number of azide groups is 1. The summed E-state index contributed by atoms with van der Waals surface area (Å²) < 4.78 is 21.3. The molecule has 13 heteroatoms. The Morgan fingerprint density at radius 1 is 1.00 bits per heavy atom. The van der Waals surface area contributed by atoms with Crippen molar-refractivity contribution in [2.45, 2.75) is 51.4 Å². The van der Waals surface area contributed by atoms with E-state index in [4.69, 9.17) is 24.5 Å². The fourth-order valence-corrected chi connectivity index (χ4v) is 3.80. The number of carbonyl (C=O) groups is 5. The topological polar surface area (TPSA) is 174 Å². The molecule has 2 heterocycles. The summed E-state index contributed by atoms with van der Waals surface area (Å²) in [6.45, 7) is 2.85. The van der Waals surface area contributed by atoms with Gasteiger partial charge in [0.1, 0.15) is 18.8 Å². The molecule has 1 aromatic carbocycles. The summed E-state index contributed by atoms with van der Waals surface area (Å²) in [5, 5.41) is 3.53. The first-order valence-electron chi connectivity index (χ1n) is 9.80. The second kappa shape index (κ2) is 9.67. The molecule has 0 bridgehead atoms. The number of hydrogen-bond donors (Lipinski definition) is 0. The van der Waals surface area contributed by atoms with Gasteiger partial charge in [-0.25, -0.2) is 0 Å². The number of carbonyl (C=O) groups excluding carboxylic acids is 5. The zero-order valence-corrected chi connectivity index (χ0v) is 17.9. The third kappa shape index (κ3) is 4.78. The summed E-state index contributed by atoms with van der Waals surface area (Å²) in [7, 11) is 0. The van der Waals surface area contributed by atoms with E-state index in [0.717, 1.165) is 25.7 Å². The van der Waals surface area contributed by atoms with Crippen LogP contribution in [0.3, 0.4) is 0 Å². The Balaban J connectivity index is 2.10. The van der Waals surface area contributed by atoms with Crippen molar-refractivity contribution in [2.75, 3.05) is 6.61 Å². The zero-order valence-electron chi connectivity index (χ0n) is 17.9. The number of amides is 2. The minimum Gasteiger partial charge on any atom is -0.463 e. The predicted octanol–water partition coefficient (Wildman–Crippen LogP) is 1.11. The Bertz CT molecular complexity index is 1020. The maximum atomic E-state index is 13.1. The van der Waals surface area contributed by atoms with E-state index < -0.39 is 66.9 Å². The summed E-state index contributed by atoms with van der Waals surface area (Å²) in [6, 6.07) is 4.53. The number of rotatable bonds is 6. The molecule has 0 saturated carbocycles. The maximum Gasteiger partial charge on any atom is 0.303 e. The van der Waals surface area contributed by atoms with Crippen molar-refractivity contribution in [3.05, 3.63) is 45.8 Å². The summed E-state index contributed by atoms with van der Waals surface area (Å²) >= 11 is 0. The highest BCUT2D eigenvalue weighted by Crippen LogP contribution is 2.35. The smallest absolute Gasteiger partial charge is 0.303 e. The molecule has 0 N–H and O–H groups in total. The predicted molar refractivity (Wildman–Crippen MR) is 106 cm³/mol. The summed E-state index contributed by atoms with van der Waals surface area (Å²) in [5.74, 6) is -3.77. The Labute approximate surface area is 187 Å². The molecule has 33 heavy (non-hydrogen) atoms. The lowest BCUT2D eigenvalue weighted by Crippen LogP contribution is -2.66. The van der Waals surface area contributed by atoms with Crippen molar-refractivity contribution in [1.82, 2.24) is 4.90 Å². The van der Waals surface area contributed by atoms with Crippen molar-refractivity contribution in [3.8, 4) is 0 Å². The van der Waals surface area contributed by atoms with Gasteiger partial charge in [0.05, 0.1) is 11.1 Å². The first-order chi connectivity index (χ1) is 15.6. The molecule has 3 unspecified atom stereocenters. The molecule has 5 atom stereocenters. The molecule has 0 radical (unpaired) electrons. The van der Waals surface area contributed by atoms with Gasteiger partial charge in [0.15, 0.2) is 18.4 Å². The maximum absolute atomic E-state index is 13.1. The Morgan fingerprint density at radius 3 is 2.03 bits per heavy atom. The molecule has 2 aliphatic heterocycles. The average molecular weight is 460 g/mol. The Hall–Kier alpha value is -3.96. The van der Waals surface area contributed by atoms with Gasteiger partial charge >= 0.3 is 17.9 Å². The normalized spacial score (nSPS) is 26.2. The number of imide groups is 1. The van der Waals surface area contributed by atoms with Gasteiger partial charge in [-0.15, -0.1) is 0 Å². The third-order valence-electron chi connectivity index (χ3n) is 4.98. The highest BCUT2D eigenvalue weighted by Gasteiger charge is 2.56. The van der Waals surface area contributed by atoms with Crippen molar-refractivity contribution in [1.29, 1.82) is 0 Å². The second-order valence-electron chi connectivity index (χ2n) is 7.24. The zero-order chi connectivity index (χ0) is 24.3. The Morgan fingerprint density at radius 2 is 1.55 bits per heavy atom. The van der Waals surface area contributed by atoms with Gasteiger partial charge in [-0.3, -0.25) is 28.9 Å². The van der Waals surface area contributed by atoms with Gasteiger partial charge in [-0.05, 0) is 17.7 Å². The Kier molecular flexibility index (Phi) is 6.95. The quantitative estimate of drug-likeness (QED) is 0.150. The van der Waals surface area contributed by atoms with Crippen molar-refractivity contribution >= 4 is 29.7 Å². The fraction of sp³-hybridized carbons (Fsp3) is 0.450. The number of fused-ring (bicyclic) bond motifs is 1. The van der Waals surface area contributed by atoms with Crippen LogP contribution in [0.4, 0.5) is 0 Å². The van der Waals surface area contributed by atoms with E-state index in [1.807, 2.05) is 0 Å². The molecular formula is C20H20N4O9. The summed E-state index contributed by atoms with van der Waals surface area (Å²) in [5.41, 5.74) is 9.26. The largest absolute Gasteiger partial charge is 0.463 e. The van der Waals surface area contributed by atoms with E-state index in [2.05, 4.69) is 10.0 Å². The molecular weight excluding hydrogens is 440 g/mol. The van der Waals surface area contributed by atoms with Crippen molar-refractivity contribution in [2.24, 2.45) is 5.11 Å². The number of esters is 3. The van der Waals surface area contributed by atoms with Crippen LogP contribution in [-0.4, -0.2) is 71.8 Å². The van der Waals surface area contributed by atoms with Crippen LogP contribution in [0, 0.1) is 0 Å². The lowest BCUT2D eigenvalue weighted by atomic mass is 9.94. The van der Waals surface area contributed by atoms with Gasteiger partial charge in [0.2, 0.25) is 0 Å². The number of benzene rings is 1. The van der Waals surface area contributed by atoms with E-state index >= 15 is 0 Å². The van der Waals surface area contributed by atoms with E-state index in [1.165, 1.54) is 12.1 Å². The van der Waals surface area contributed by atoms with Crippen LogP contribution < -0.4 is 0 Å². The number of hydrogen-bond acceptors (Lipinski definition) is 10. The number of nitrogens with zero attached hydrogens (tertiary/aromatic N) is 4. The minimum atomic E-state index is -1.55. The first-order valence-corrected chi connectivity index (χ1v) is 9.80. The molecule has 0 aromatic heterocycles.